The Kier molecular flexibility index (Phi) is 4.71. The number of hydrogen-bond donors (Lipinski definition) is 0. The Morgan fingerprint density at radius 2 is 1.88 bits per heavy atom. The van der Waals surface area contributed by atoms with Crippen molar-refractivity contribution >= 4 is 5.65 Å². The fourth-order valence-electron chi connectivity index (χ4n) is 2.69. The first-order valence-electron chi connectivity index (χ1n) is 7.95. The van der Waals surface area contributed by atoms with Crippen LogP contribution < -0.4 is 9.47 Å². The van der Waals surface area contributed by atoms with E-state index in [0.29, 0.717) is 6.61 Å². The Bertz CT molecular complexity index is 822. The van der Waals surface area contributed by atoms with Crippen molar-refractivity contribution in [3.05, 3.63) is 59.5 Å². The van der Waals surface area contributed by atoms with Crippen molar-refractivity contribution in [2.24, 2.45) is 0 Å². The number of aryl methyl sites for hydroxylation is 1. The van der Waals surface area contributed by atoms with Gasteiger partial charge in [-0.05, 0) is 50.8 Å². The highest BCUT2D eigenvalue weighted by atomic mass is 16.5. The van der Waals surface area contributed by atoms with Gasteiger partial charge in [-0.2, -0.15) is 0 Å². The van der Waals surface area contributed by atoms with Gasteiger partial charge in [-0.1, -0.05) is 12.1 Å². The molecule has 5 heteroatoms. The SMILES string of the molecule is COc1ccc(COc2cccn3c(CN(C)C)c(C)nc23)cc1. The van der Waals surface area contributed by atoms with Crippen LogP contribution in [0.4, 0.5) is 0 Å². The van der Waals surface area contributed by atoms with Crippen molar-refractivity contribution in [2.45, 2.75) is 20.1 Å². The van der Waals surface area contributed by atoms with Crippen LogP contribution in [0.3, 0.4) is 0 Å². The minimum atomic E-state index is 0.499. The molecule has 3 aromatic rings. The van der Waals surface area contributed by atoms with Crippen molar-refractivity contribution in [3.8, 4) is 11.5 Å². The number of imidazole rings is 1. The number of pyridine rings is 1. The average molecular weight is 325 g/mol. The zero-order chi connectivity index (χ0) is 17.1. The summed E-state index contributed by atoms with van der Waals surface area (Å²) in [7, 11) is 5.78. The third-order valence-electron chi connectivity index (χ3n) is 3.93. The summed E-state index contributed by atoms with van der Waals surface area (Å²) in [6.45, 7) is 3.38. The number of nitrogens with zero attached hydrogens (tertiary/aromatic N) is 3. The smallest absolute Gasteiger partial charge is 0.180 e. The zero-order valence-electron chi connectivity index (χ0n) is 14.6. The van der Waals surface area contributed by atoms with E-state index in [0.717, 1.165) is 34.9 Å². The molecule has 2 heterocycles. The summed E-state index contributed by atoms with van der Waals surface area (Å²) in [4.78, 5) is 6.84. The van der Waals surface area contributed by atoms with Crippen molar-refractivity contribution in [1.29, 1.82) is 0 Å². The summed E-state index contributed by atoms with van der Waals surface area (Å²) in [6.07, 6.45) is 2.04. The van der Waals surface area contributed by atoms with Crippen LogP contribution in [-0.4, -0.2) is 35.5 Å². The molecule has 24 heavy (non-hydrogen) atoms. The first-order valence-corrected chi connectivity index (χ1v) is 7.95. The molecule has 2 aromatic heterocycles. The van der Waals surface area contributed by atoms with E-state index < -0.39 is 0 Å². The van der Waals surface area contributed by atoms with Gasteiger partial charge < -0.3 is 14.4 Å². The van der Waals surface area contributed by atoms with Crippen LogP contribution in [0.2, 0.25) is 0 Å². The molecular formula is C19H23N3O2. The van der Waals surface area contributed by atoms with Gasteiger partial charge in [-0.15, -0.1) is 0 Å². The first-order chi connectivity index (χ1) is 11.6. The van der Waals surface area contributed by atoms with Crippen molar-refractivity contribution < 1.29 is 9.47 Å². The van der Waals surface area contributed by atoms with Crippen molar-refractivity contribution in [2.75, 3.05) is 21.2 Å². The predicted molar refractivity (Wildman–Crippen MR) is 94.6 cm³/mol. The van der Waals surface area contributed by atoms with Crippen molar-refractivity contribution in [3.63, 3.8) is 0 Å². The lowest BCUT2D eigenvalue weighted by atomic mass is 10.2. The lowest BCUT2D eigenvalue weighted by molar-refractivity contribution is 0.307. The number of benzene rings is 1. The van der Waals surface area contributed by atoms with E-state index in [4.69, 9.17) is 14.5 Å². The molecular weight excluding hydrogens is 302 g/mol. The molecule has 0 fully saturated rings. The molecule has 0 radical (unpaired) electrons. The van der Waals surface area contributed by atoms with Gasteiger partial charge in [-0.25, -0.2) is 4.98 Å². The fourth-order valence-corrected chi connectivity index (χ4v) is 2.69. The lowest BCUT2D eigenvalue weighted by Crippen LogP contribution is -2.13. The molecule has 0 saturated heterocycles. The standard InChI is InChI=1S/C19H23N3O2/c1-14-17(12-21(2)3)22-11-5-6-18(19(22)20-14)24-13-15-7-9-16(23-4)10-8-15/h5-11H,12-13H2,1-4H3. The van der Waals surface area contributed by atoms with Gasteiger partial charge in [0.05, 0.1) is 18.5 Å². The van der Waals surface area contributed by atoms with E-state index in [-0.39, 0.29) is 0 Å². The number of ether oxygens (including phenoxy) is 2. The van der Waals surface area contributed by atoms with Crippen LogP contribution in [-0.2, 0) is 13.2 Å². The summed E-state index contributed by atoms with van der Waals surface area (Å²) in [6, 6.07) is 11.9. The summed E-state index contributed by atoms with van der Waals surface area (Å²) in [5.41, 5.74) is 4.17. The maximum atomic E-state index is 6.01. The quantitative estimate of drug-likeness (QED) is 0.697. The summed E-state index contributed by atoms with van der Waals surface area (Å²) in [5, 5.41) is 0. The second-order valence-electron chi connectivity index (χ2n) is 6.08. The van der Waals surface area contributed by atoms with E-state index >= 15 is 0 Å². The van der Waals surface area contributed by atoms with Gasteiger partial charge in [0.25, 0.3) is 0 Å². The average Bonchev–Trinajstić information content (AvgIpc) is 2.89. The Hall–Kier alpha value is -2.53. The van der Waals surface area contributed by atoms with E-state index in [1.165, 1.54) is 5.69 Å². The van der Waals surface area contributed by atoms with Gasteiger partial charge in [0.15, 0.2) is 11.4 Å². The highest BCUT2D eigenvalue weighted by molar-refractivity contribution is 5.56. The molecule has 0 saturated carbocycles. The minimum Gasteiger partial charge on any atom is -0.497 e. The number of aromatic nitrogens is 2. The fraction of sp³-hybridized carbons (Fsp3) is 0.316. The van der Waals surface area contributed by atoms with Gasteiger partial charge in [0.1, 0.15) is 12.4 Å². The molecule has 0 aliphatic carbocycles. The second-order valence-corrected chi connectivity index (χ2v) is 6.08. The predicted octanol–water partition coefficient (Wildman–Crippen LogP) is 3.29. The monoisotopic (exact) mass is 325 g/mol. The van der Waals surface area contributed by atoms with Gasteiger partial charge in [0, 0.05) is 12.7 Å². The normalized spacial score (nSPS) is 11.2. The van der Waals surface area contributed by atoms with Crippen LogP contribution in [0.25, 0.3) is 5.65 Å². The molecule has 0 spiro atoms. The minimum absolute atomic E-state index is 0.499. The second kappa shape index (κ2) is 6.93. The lowest BCUT2D eigenvalue weighted by Gasteiger charge is -2.11. The number of hydrogen-bond acceptors (Lipinski definition) is 4. The molecule has 0 bridgehead atoms. The molecule has 3 rings (SSSR count). The van der Waals surface area contributed by atoms with Gasteiger partial charge in [0.2, 0.25) is 0 Å². The Morgan fingerprint density at radius 1 is 1.12 bits per heavy atom. The van der Waals surface area contributed by atoms with E-state index in [1.54, 1.807) is 7.11 Å². The van der Waals surface area contributed by atoms with Crippen molar-refractivity contribution in [1.82, 2.24) is 14.3 Å². The van der Waals surface area contributed by atoms with E-state index in [9.17, 15) is 0 Å². The molecule has 0 aliphatic rings. The number of rotatable bonds is 6. The molecule has 0 atom stereocenters. The summed E-state index contributed by atoms with van der Waals surface area (Å²) >= 11 is 0. The van der Waals surface area contributed by atoms with Gasteiger partial charge in [-0.3, -0.25) is 4.40 Å². The largest absolute Gasteiger partial charge is 0.497 e. The third kappa shape index (κ3) is 3.36. The highest BCUT2D eigenvalue weighted by Gasteiger charge is 2.13. The Morgan fingerprint density at radius 3 is 2.54 bits per heavy atom. The highest BCUT2D eigenvalue weighted by Crippen LogP contribution is 2.24. The number of fused-ring (bicyclic) bond motifs is 1. The maximum Gasteiger partial charge on any atom is 0.180 e. The molecule has 1 aromatic carbocycles. The molecule has 0 amide bonds. The Labute approximate surface area is 142 Å². The van der Waals surface area contributed by atoms with E-state index in [2.05, 4.69) is 23.4 Å². The number of methoxy groups -OCH3 is 1. The topological polar surface area (TPSA) is 39.0 Å². The van der Waals surface area contributed by atoms with Crippen LogP contribution in [0.15, 0.2) is 42.6 Å². The van der Waals surface area contributed by atoms with Crippen LogP contribution >= 0.6 is 0 Å². The molecule has 0 N–H and O–H groups in total. The zero-order valence-corrected chi connectivity index (χ0v) is 14.6. The molecule has 5 nitrogen and oxygen atoms in total. The van der Waals surface area contributed by atoms with Crippen LogP contribution in [0, 0.1) is 6.92 Å². The summed E-state index contributed by atoms with van der Waals surface area (Å²) in [5.74, 6) is 1.64. The molecule has 0 aliphatic heterocycles. The van der Waals surface area contributed by atoms with Crippen LogP contribution in [0.5, 0.6) is 11.5 Å². The first kappa shape index (κ1) is 16.3. The summed E-state index contributed by atoms with van der Waals surface area (Å²) < 4.78 is 13.3. The Balaban J connectivity index is 1.84. The molecule has 126 valence electrons. The van der Waals surface area contributed by atoms with E-state index in [1.807, 2.05) is 49.5 Å². The molecule has 0 unspecified atom stereocenters. The van der Waals surface area contributed by atoms with Gasteiger partial charge >= 0.3 is 0 Å². The van der Waals surface area contributed by atoms with Crippen LogP contribution in [0.1, 0.15) is 17.0 Å². The maximum absolute atomic E-state index is 6.01. The third-order valence-corrected chi connectivity index (χ3v) is 3.93.